The van der Waals surface area contributed by atoms with Gasteiger partial charge in [0.05, 0.1) is 6.54 Å². The predicted molar refractivity (Wildman–Crippen MR) is 72.4 cm³/mol. The van der Waals surface area contributed by atoms with Gasteiger partial charge >= 0.3 is 0 Å². The zero-order valence-electron chi connectivity index (χ0n) is 8.61. The maximum absolute atomic E-state index is 11.7. The highest BCUT2D eigenvalue weighted by Gasteiger charge is 2.07. The Balaban J connectivity index is 1.98. The van der Waals surface area contributed by atoms with E-state index in [0.717, 1.165) is 9.35 Å². The van der Waals surface area contributed by atoms with Crippen LogP contribution in [0.3, 0.4) is 0 Å². The molecular weight excluding hydrogens is 324 g/mol. The molecule has 88 valence electrons. The SMILES string of the molecule is O=C(NCc1cc(Br)cs1)c1cc(Cl)ccn1. The molecule has 0 spiro atoms. The Hall–Kier alpha value is -0.910. The van der Waals surface area contributed by atoms with Gasteiger partial charge in [0.15, 0.2) is 0 Å². The number of halogens is 2. The number of amides is 1. The first-order valence-electron chi connectivity index (χ1n) is 4.78. The molecule has 17 heavy (non-hydrogen) atoms. The highest BCUT2D eigenvalue weighted by atomic mass is 79.9. The molecular formula is C11H8BrClN2OS. The minimum atomic E-state index is -0.225. The van der Waals surface area contributed by atoms with Gasteiger partial charge in [-0.1, -0.05) is 11.6 Å². The predicted octanol–water partition coefficient (Wildman–Crippen LogP) is 3.49. The van der Waals surface area contributed by atoms with Crippen LogP contribution >= 0.6 is 38.9 Å². The number of rotatable bonds is 3. The Morgan fingerprint density at radius 1 is 1.53 bits per heavy atom. The summed E-state index contributed by atoms with van der Waals surface area (Å²) < 4.78 is 1.02. The van der Waals surface area contributed by atoms with Crippen LogP contribution in [0.25, 0.3) is 0 Å². The topological polar surface area (TPSA) is 42.0 Å². The van der Waals surface area contributed by atoms with Crippen molar-refractivity contribution < 1.29 is 4.79 Å². The maximum Gasteiger partial charge on any atom is 0.270 e. The van der Waals surface area contributed by atoms with Crippen LogP contribution in [0.1, 0.15) is 15.4 Å². The van der Waals surface area contributed by atoms with Crippen molar-refractivity contribution in [2.45, 2.75) is 6.54 Å². The van der Waals surface area contributed by atoms with E-state index >= 15 is 0 Å². The number of nitrogens with one attached hydrogen (secondary N) is 1. The van der Waals surface area contributed by atoms with E-state index in [9.17, 15) is 4.79 Å². The Morgan fingerprint density at radius 2 is 2.35 bits per heavy atom. The van der Waals surface area contributed by atoms with E-state index in [0.29, 0.717) is 17.3 Å². The second kappa shape index (κ2) is 5.62. The Bertz CT molecular complexity index is 544. The van der Waals surface area contributed by atoms with E-state index in [4.69, 9.17) is 11.6 Å². The van der Waals surface area contributed by atoms with Gasteiger partial charge in [-0.05, 0) is 34.1 Å². The zero-order valence-corrected chi connectivity index (χ0v) is 11.8. The van der Waals surface area contributed by atoms with E-state index in [1.807, 2.05) is 11.4 Å². The van der Waals surface area contributed by atoms with E-state index < -0.39 is 0 Å². The molecule has 0 aliphatic rings. The van der Waals surface area contributed by atoms with Gasteiger partial charge in [-0.3, -0.25) is 9.78 Å². The molecule has 2 aromatic rings. The normalized spacial score (nSPS) is 10.2. The fourth-order valence-corrected chi connectivity index (χ4v) is 2.78. The summed E-state index contributed by atoms with van der Waals surface area (Å²) in [6.45, 7) is 0.489. The zero-order chi connectivity index (χ0) is 12.3. The fourth-order valence-electron chi connectivity index (χ4n) is 1.23. The number of hydrogen-bond donors (Lipinski definition) is 1. The Kier molecular flexibility index (Phi) is 4.15. The van der Waals surface area contributed by atoms with E-state index in [1.54, 1.807) is 23.5 Å². The summed E-state index contributed by atoms with van der Waals surface area (Å²) in [7, 11) is 0. The molecule has 1 N–H and O–H groups in total. The van der Waals surface area contributed by atoms with Crippen LogP contribution < -0.4 is 5.32 Å². The average molecular weight is 332 g/mol. The second-order valence-corrected chi connectivity index (χ2v) is 5.62. The smallest absolute Gasteiger partial charge is 0.270 e. The molecule has 0 saturated carbocycles. The molecule has 0 atom stereocenters. The van der Waals surface area contributed by atoms with Gasteiger partial charge in [0.25, 0.3) is 5.91 Å². The number of nitrogens with zero attached hydrogens (tertiary/aromatic N) is 1. The number of carbonyl (C=O) groups excluding carboxylic acids is 1. The third kappa shape index (κ3) is 3.52. The average Bonchev–Trinajstić information content (AvgIpc) is 2.72. The van der Waals surface area contributed by atoms with Crippen molar-refractivity contribution in [1.29, 1.82) is 0 Å². The van der Waals surface area contributed by atoms with E-state index in [2.05, 4.69) is 26.2 Å². The van der Waals surface area contributed by atoms with Crippen molar-refractivity contribution in [1.82, 2.24) is 10.3 Å². The van der Waals surface area contributed by atoms with E-state index in [-0.39, 0.29) is 5.91 Å². The molecule has 0 radical (unpaired) electrons. The van der Waals surface area contributed by atoms with Crippen molar-refractivity contribution in [2.24, 2.45) is 0 Å². The number of hydrogen-bond acceptors (Lipinski definition) is 3. The molecule has 2 rings (SSSR count). The summed E-state index contributed by atoms with van der Waals surface area (Å²) in [5.41, 5.74) is 0.327. The summed E-state index contributed by atoms with van der Waals surface area (Å²) in [6.07, 6.45) is 1.51. The second-order valence-electron chi connectivity index (χ2n) is 3.27. The first-order valence-corrected chi connectivity index (χ1v) is 6.83. The van der Waals surface area contributed by atoms with Crippen molar-refractivity contribution in [3.8, 4) is 0 Å². The lowest BCUT2D eigenvalue weighted by Gasteiger charge is -2.02. The number of aromatic nitrogens is 1. The molecule has 0 bridgehead atoms. The summed E-state index contributed by atoms with van der Waals surface area (Å²) in [6, 6.07) is 5.15. The molecule has 0 aliphatic heterocycles. The lowest BCUT2D eigenvalue weighted by molar-refractivity contribution is 0.0946. The minimum Gasteiger partial charge on any atom is -0.346 e. The van der Waals surface area contributed by atoms with Crippen LogP contribution in [0.2, 0.25) is 5.02 Å². The van der Waals surface area contributed by atoms with Gasteiger partial charge in [0.1, 0.15) is 5.69 Å². The summed E-state index contributed by atoms with van der Waals surface area (Å²) >= 11 is 10.7. The highest BCUT2D eigenvalue weighted by molar-refractivity contribution is 9.10. The Morgan fingerprint density at radius 3 is 3.00 bits per heavy atom. The minimum absolute atomic E-state index is 0.225. The highest BCUT2D eigenvalue weighted by Crippen LogP contribution is 2.19. The molecule has 3 nitrogen and oxygen atoms in total. The number of pyridine rings is 1. The van der Waals surface area contributed by atoms with Gasteiger partial charge < -0.3 is 5.32 Å². The van der Waals surface area contributed by atoms with Crippen LogP contribution in [-0.4, -0.2) is 10.9 Å². The number of carbonyl (C=O) groups is 1. The van der Waals surface area contributed by atoms with Gasteiger partial charge in [0, 0.05) is 25.9 Å². The fraction of sp³-hybridized carbons (Fsp3) is 0.0909. The van der Waals surface area contributed by atoms with Crippen molar-refractivity contribution in [3.05, 3.63) is 49.8 Å². The van der Waals surface area contributed by atoms with Crippen LogP contribution in [-0.2, 0) is 6.54 Å². The Labute approximate surface area is 116 Å². The summed E-state index contributed by atoms with van der Waals surface area (Å²) in [5, 5.41) is 5.26. The van der Waals surface area contributed by atoms with Crippen LogP contribution in [0.5, 0.6) is 0 Å². The molecule has 0 fully saturated rings. The molecule has 1 amide bonds. The molecule has 0 unspecified atom stereocenters. The van der Waals surface area contributed by atoms with Crippen molar-refractivity contribution >= 4 is 44.8 Å². The van der Waals surface area contributed by atoms with Gasteiger partial charge in [-0.2, -0.15) is 0 Å². The molecule has 6 heteroatoms. The molecule has 0 saturated heterocycles. The lowest BCUT2D eigenvalue weighted by Crippen LogP contribution is -2.23. The summed E-state index contributed by atoms with van der Waals surface area (Å²) in [4.78, 5) is 16.8. The molecule has 0 aromatic carbocycles. The van der Waals surface area contributed by atoms with Crippen LogP contribution in [0.15, 0.2) is 34.2 Å². The van der Waals surface area contributed by atoms with Gasteiger partial charge in [-0.15, -0.1) is 11.3 Å². The van der Waals surface area contributed by atoms with Crippen molar-refractivity contribution in [3.63, 3.8) is 0 Å². The van der Waals surface area contributed by atoms with Gasteiger partial charge in [0.2, 0.25) is 0 Å². The first-order chi connectivity index (χ1) is 8.15. The molecule has 2 aromatic heterocycles. The van der Waals surface area contributed by atoms with Crippen LogP contribution in [0.4, 0.5) is 0 Å². The third-order valence-electron chi connectivity index (χ3n) is 2.00. The first kappa shape index (κ1) is 12.5. The van der Waals surface area contributed by atoms with Crippen molar-refractivity contribution in [2.75, 3.05) is 0 Å². The third-order valence-corrected chi connectivity index (χ3v) is 3.93. The quantitative estimate of drug-likeness (QED) is 0.935. The summed E-state index contributed by atoms with van der Waals surface area (Å²) in [5.74, 6) is -0.225. The maximum atomic E-state index is 11.7. The molecule has 0 aliphatic carbocycles. The lowest BCUT2D eigenvalue weighted by atomic mass is 10.3. The van der Waals surface area contributed by atoms with E-state index in [1.165, 1.54) is 6.20 Å². The molecule has 2 heterocycles. The standard InChI is InChI=1S/C11H8BrClN2OS/c12-7-3-9(17-6-7)5-15-11(16)10-4-8(13)1-2-14-10/h1-4,6H,5H2,(H,15,16). The van der Waals surface area contributed by atoms with Gasteiger partial charge in [-0.25, -0.2) is 0 Å². The van der Waals surface area contributed by atoms with Crippen LogP contribution in [0, 0.1) is 0 Å². The monoisotopic (exact) mass is 330 g/mol. The number of thiophene rings is 1. The largest absolute Gasteiger partial charge is 0.346 e.